The normalized spacial score (nSPS) is 12.4. The van der Waals surface area contributed by atoms with Crippen LogP contribution in [0.3, 0.4) is 0 Å². The quantitative estimate of drug-likeness (QED) is 0.202. The van der Waals surface area contributed by atoms with E-state index < -0.39 is 33.2 Å². The summed E-state index contributed by atoms with van der Waals surface area (Å²) in [5.41, 5.74) is -0.865. The van der Waals surface area contributed by atoms with E-state index in [1.54, 1.807) is 47.8 Å². The topological polar surface area (TPSA) is 140 Å². The number of fused-ring (bicyclic) bond motifs is 1. The molecule has 1 amide bonds. The number of ether oxygens (including phenoxy) is 2. The summed E-state index contributed by atoms with van der Waals surface area (Å²) in [5.74, 6) is -0.282. The minimum Gasteiger partial charge on any atom is -0.444 e. The summed E-state index contributed by atoms with van der Waals surface area (Å²) in [4.78, 5) is 29.1. The Morgan fingerprint density at radius 2 is 1.73 bits per heavy atom. The summed E-state index contributed by atoms with van der Waals surface area (Å²) >= 11 is 5.62. The van der Waals surface area contributed by atoms with Gasteiger partial charge in [-0.15, -0.1) is 23.1 Å². The largest absolute Gasteiger partial charge is 0.444 e. The summed E-state index contributed by atoms with van der Waals surface area (Å²) in [6.45, 7) is 10.3. The number of carbonyl (C=O) groups excluding carboxylic acids is 2. The zero-order chi connectivity index (χ0) is 27.9. The number of thiophene rings is 1. The number of rotatable bonds is 4. The number of imidazole rings is 1. The Bertz CT molecular complexity index is 1500. The molecule has 2 aromatic heterocycles. The van der Waals surface area contributed by atoms with Gasteiger partial charge in [0.1, 0.15) is 28.9 Å². The minimum atomic E-state index is -4.10. The second-order valence-electron chi connectivity index (χ2n) is 9.84. The fraction of sp³-hybridized carbons (Fsp3) is 0.391. The average Bonchev–Trinajstić information content (AvgIpc) is 3.36. The van der Waals surface area contributed by atoms with E-state index in [0.717, 1.165) is 15.9 Å². The second kappa shape index (κ2) is 10.4. The molecule has 0 radical (unpaired) electrons. The van der Waals surface area contributed by atoms with Gasteiger partial charge in [-0.3, -0.25) is 10.7 Å². The number of halogens is 1. The van der Waals surface area contributed by atoms with Crippen LogP contribution >= 0.6 is 39.0 Å². The van der Waals surface area contributed by atoms with Crippen LogP contribution in [0.1, 0.15) is 46.4 Å². The molecule has 2 N–H and O–H groups in total. The van der Waals surface area contributed by atoms with E-state index in [-0.39, 0.29) is 26.0 Å². The van der Waals surface area contributed by atoms with Crippen molar-refractivity contribution < 1.29 is 27.5 Å². The van der Waals surface area contributed by atoms with Crippen LogP contribution in [0.4, 0.5) is 9.59 Å². The van der Waals surface area contributed by atoms with E-state index in [9.17, 15) is 18.0 Å². The van der Waals surface area contributed by atoms with E-state index in [4.69, 9.17) is 14.9 Å². The summed E-state index contributed by atoms with van der Waals surface area (Å²) in [5, 5.41) is 10.6. The van der Waals surface area contributed by atoms with Crippen molar-refractivity contribution in [3.63, 3.8) is 0 Å². The first-order valence-electron chi connectivity index (χ1n) is 10.8. The number of benzene rings is 1. The van der Waals surface area contributed by atoms with Crippen molar-refractivity contribution >= 4 is 77.9 Å². The van der Waals surface area contributed by atoms with E-state index >= 15 is 0 Å². The molecule has 0 atom stereocenters. The van der Waals surface area contributed by atoms with Crippen LogP contribution in [0.2, 0.25) is 0 Å². The summed E-state index contributed by atoms with van der Waals surface area (Å²) in [6, 6.07) is 4.11. The maximum Gasteiger partial charge on any atom is 0.420 e. The van der Waals surface area contributed by atoms with E-state index in [2.05, 4.69) is 26.2 Å². The van der Waals surface area contributed by atoms with Crippen LogP contribution in [0.15, 0.2) is 43.0 Å². The molecule has 0 aliphatic rings. The lowest BCUT2D eigenvalue weighted by Gasteiger charge is -2.19. The number of hydrogen-bond acceptors (Lipinski definition) is 10. The van der Waals surface area contributed by atoms with E-state index in [1.807, 2.05) is 0 Å². The lowest BCUT2D eigenvalue weighted by atomic mass is 10.2. The smallest absolute Gasteiger partial charge is 0.420 e. The summed E-state index contributed by atoms with van der Waals surface area (Å²) < 4.78 is 40.0. The number of thioether (sulfide) groups is 1. The number of amides is 1. The number of hydrogen-bond donors (Lipinski definition) is 2. The zero-order valence-corrected chi connectivity index (χ0v) is 25.3. The fourth-order valence-corrected chi connectivity index (χ4v) is 7.72. The predicted molar refractivity (Wildman–Crippen MR) is 147 cm³/mol. The molecule has 0 fully saturated rings. The molecule has 0 aliphatic carbocycles. The Labute approximate surface area is 231 Å². The number of nitrogens with one attached hydrogen (secondary N) is 2. The van der Waals surface area contributed by atoms with E-state index in [1.165, 1.54) is 36.3 Å². The minimum absolute atomic E-state index is 0.0228. The van der Waals surface area contributed by atoms with Crippen LogP contribution in [0.25, 0.3) is 11.0 Å². The third-order valence-corrected chi connectivity index (χ3v) is 9.40. The van der Waals surface area contributed by atoms with Gasteiger partial charge in [-0.2, -0.15) is 0 Å². The number of nitrogens with zero attached hydrogens (tertiary/aromatic N) is 2. The van der Waals surface area contributed by atoms with Gasteiger partial charge in [0.2, 0.25) is 9.84 Å². The highest BCUT2D eigenvalue weighted by atomic mass is 79.9. The number of amidine groups is 1. The highest BCUT2D eigenvalue weighted by molar-refractivity contribution is 9.10. The standard InChI is InChI=1S/C23H27BrN4O6S3/c1-22(2,3)33-20(29)27-18(25)15-10-16(19(35-7)36-15)37(31,32)12-8-13(24)17-14(9-12)28(11-26-17)21(30)34-23(4,5)6/h8-11H,1-7H3,(H2,25,27,29). The molecule has 0 bridgehead atoms. The molecule has 0 saturated heterocycles. The lowest BCUT2D eigenvalue weighted by Crippen LogP contribution is -2.36. The maximum atomic E-state index is 13.7. The summed E-state index contributed by atoms with van der Waals surface area (Å²) in [7, 11) is -4.10. The monoisotopic (exact) mass is 630 g/mol. The molecule has 3 aromatic rings. The summed E-state index contributed by atoms with van der Waals surface area (Å²) in [6.07, 6.45) is 1.49. The molecule has 0 saturated carbocycles. The van der Waals surface area contributed by atoms with Gasteiger partial charge in [-0.1, -0.05) is 0 Å². The van der Waals surface area contributed by atoms with Crippen molar-refractivity contribution in [2.75, 3.05) is 6.26 Å². The maximum absolute atomic E-state index is 13.7. The number of aromatic nitrogens is 2. The Morgan fingerprint density at radius 3 is 2.30 bits per heavy atom. The van der Waals surface area contributed by atoms with Crippen molar-refractivity contribution in [3.05, 3.63) is 33.9 Å². The molecule has 0 unspecified atom stereocenters. The molecule has 10 nitrogen and oxygen atoms in total. The van der Waals surface area contributed by atoms with Gasteiger partial charge in [-0.05, 0) is 81.9 Å². The number of carbonyl (C=O) groups is 2. The Morgan fingerprint density at radius 1 is 1.11 bits per heavy atom. The van der Waals surface area contributed by atoms with Gasteiger partial charge in [0.25, 0.3) is 0 Å². The Balaban J connectivity index is 2.03. The molecule has 3 rings (SSSR count). The van der Waals surface area contributed by atoms with E-state index in [0.29, 0.717) is 14.2 Å². The van der Waals surface area contributed by atoms with Crippen LogP contribution in [-0.4, -0.2) is 53.4 Å². The van der Waals surface area contributed by atoms with Crippen LogP contribution in [0, 0.1) is 5.41 Å². The van der Waals surface area contributed by atoms with Crippen molar-refractivity contribution in [2.24, 2.45) is 0 Å². The van der Waals surface area contributed by atoms with Crippen molar-refractivity contribution in [2.45, 2.75) is 66.7 Å². The van der Waals surface area contributed by atoms with Gasteiger partial charge in [-0.25, -0.2) is 27.6 Å². The van der Waals surface area contributed by atoms with Gasteiger partial charge in [0.05, 0.1) is 24.4 Å². The van der Waals surface area contributed by atoms with Crippen molar-refractivity contribution in [1.82, 2.24) is 14.9 Å². The zero-order valence-electron chi connectivity index (χ0n) is 21.3. The van der Waals surface area contributed by atoms with Gasteiger partial charge in [0, 0.05) is 4.47 Å². The molecule has 2 heterocycles. The first-order chi connectivity index (χ1) is 16.9. The van der Waals surface area contributed by atoms with Crippen LogP contribution in [-0.2, 0) is 19.3 Å². The average molecular weight is 632 g/mol. The van der Waals surface area contributed by atoms with Gasteiger partial charge < -0.3 is 9.47 Å². The SMILES string of the molecule is CSc1sc(C(=N)NC(=O)OC(C)(C)C)cc1S(=O)(=O)c1cc(Br)c2ncn(C(=O)OC(C)(C)C)c2c1. The highest BCUT2D eigenvalue weighted by Crippen LogP contribution is 2.38. The van der Waals surface area contributed by atoms with Crippen molar-refractivity contribution in [3.8, 4) is 0 Å². The van der Waals surface area contributed by atoms with Crippen LogP contribution in [0.5, 0.6) is 0 Å². The third-order valence-electron chi connectivity index (χ3n) is 4.49. The Kier molecular flexibility index (Phi) is 8.18. The fourth-order valence-electron chi connectivity index (χ4n) is 3.07. The van der Waals surface area contributed by atoms with Crippen molar-refractivity contribution in [1.29, 1.82) is 5.41 Å². The molecule has 14 heteroatoms. The third kappa shape index (κ3) is 6.72. The molecule has 37 heavy (non-hydrogen) atoms. The van der Waals surface area contributed by atoms with Crippen LogP contribution < -0.4 is 5.32 Å². The molecule has 0 spiro atoms. The molecular weight excluding hydrogens is 604 g/mol. The molecular formula is C23H27BrN4O6S3. The van der Waals surface area contributed by atoms with Gasteiger partial charge in [0.15, 0.2) is 0 Å². The molecule has 1 aromatic carbocycles. The predicted octanol–water partition coefficient (Wildman–Crippen LogP) is 6.05. The lowest BCUT2D eigenvalue weighted by molar-refractivity contribution is 0.0538. The first-order valence-corrected chi connectivity index (χ1v) is 15.2. The number of sulfone groups is 1. The second-order valence-corrected chi connectivity index (χ2v) is 14.7. The molecule has 200 valence electrons. The first kappa shape index (κ1) is 29.1. The number of alkyl carbamates (subject to hydrolysis) is 1. The Hall–Kier alpha value is -2.42. The van der Waals surface area contributed by atoms with Gasteiger partial charge >= 0.3 is 12.2 Å². The molecule has 0 aliphatic heterocycles. The highest BCUT2D eigenvalue weighted by Gasteiger charge is 2.29.